The molecule has 1 aromatic carbocycles. The summed E-state index contributed by atoms with van der Waals surface area (Å²) < 4.78 is 29.1. The van der Waals surface area contributed by atoms with Crippen LogP contribution < -0.4 is 11.2 Å². The molecule has 0 N–H and O–H groups in total. The molecule has 1 fully saturated rings. The van der Waals surface area contributed by atoms with Gasteiger partial charge in [0.2, 0.25) is 10.0 Å². The summed E-state index contributed by atoms with van der Waals surface area (Å²) in [7, 11) is -1.23. The lowest BCUT2D eigenvalue weighted by Gasteiger charge is -2.34. The molecule has 146 valence electrons. The van der Waals surface area contributed by atoms with Crippen LogP contribution in [0.25, 0.3) is 0 Å². The second-order valence-electron chi connectivity index (χ2n) is 6.86. The van der Waals surface area contributed by atoms with Gasteiger partial charge >= 0.3 is 5.69 Å². The number of benzene rings is 1. The molecule has 0 spiro atoms. The van der Waals surface area contributed by atoms with Crippen molar-refractivity contribution < 1.29 is 8.42 Å². The van der Waals surface area contributed by atoms with Crippen molar-refractivity contribution in [2.24, 2.45) is 14.1 Å². The molecule has 0 radical (unpaired) electrons. The first-order chi connectivity index (χ1) is 12.7. The van der Waals surface area contributed by atoms with Crippen molar-refractivity contribution in [1.82, 2.24) is 18.3 Å². The first-order valence-electron chi connectivity index (χ1n) is 8.75. The number of nitrogens with zero attached hydrogens (tertiary/aromatic N) is 4. The maximum atomic E-state index is 12.9. The van der Waals surface area contributed by atoms with Crippen LogP contribution >= 0.6 is 0 Å². The van der Waals surface area contributed by atoms with Crippen LogP contribution in [-0.2, 0) is 30.7 Å². The molecule has 9 heteroatoms. The maximum Gasteiger partial charge on any atom is 0.330 e. The lowest BCUT2D eigenvalue weighted by Crippen LogP contribution is -2.50. The predicted molar refractivity (Wildman–Crippen MR) is 102 cm³/mol. The van der Waals surface area contributed by atoms with Crippen LogP contribution in [0.2, 0.25) is 0 Å². The van der Waals surface area contributed by atoms with Gasteiger partial charge in [-0.2, -0.15) is 4.31 Å². The third kappa shape index (κ3) is 3.76. The van der Waals surface area contributed by atoms with Gasteiger partial charge < -0.3 is 4.57 Å². The van der Waals surface area contributed by atoms with E-state index in [0.717, 1.165) is 21.9 Å². The first-order valence-corrected chi connectivity index (χ1v) is 10.2. The molecule has 2 aromatic rings. The molecule has 1 aliphatic rings. The largest absolute Gasteiger partial charge is 0.330 e. The Bertz CT molecular complexity index is 1060. The summed E-state index contributed by atoms with van der Waals surface area (Å²) in [6, 6.07) is 8.13. The summed E-state index contributed by atoms with van der Waals surface area (Å²) >= 11 is 0. The molecule has 3 rings (SSSR count). The predicted octanol–water partition coefficient (Wildman–Crippen LogP) is -0.101. The summed E-state index contributed by atoms with van der Waals surface area (Å²) in [6.45, 7) is 4.60. The summed E-state index contributed by atoms with van der Waals surface area (Å²) in [5.74, 6) is 0. The average molecular weight is 392 g/mol. The Kier molecular flexibility index (Phi) is 5.36. The second kappa shape index (κ2) is 7.41. The first kappa shape index (κ1) is 19.5. The maximum absolute atomic E-state index is 12.9. The highest BCUT2D eigenvalue weighted by Crippen LogP contribution is 2.16. The normalized spacial score (nSPS) is 16.6. The van der Waals surface area contributed by atoms with E-state index in [1.54, 1.807) is 0 Å². The Balaban J connectivity index is 1.77. The fourth-order valence-corrected chi connectivity index (χ4v) is 4.82. The van der Waals surface area contributed by atoms with Crippen LogP contribution in [0, 0.1) is 6.92 Å². The van der Waals surface area contributed by atoms with Gasteiger partial charge in [-0.15, -0.1) is 0 Å². The molecule has 27 heavy (non-hydrogen) atoms. The van der Waals surface area contributed by atoms with Gasteiger partial charge in [0, 0.05) is 53.0 Å². The minimum Gasteiger partial charge on any atom is -0.302 e. The van der Waals surface area contributed by atoms with Crippen molar-refractivity contribution in [3.05, 3.63) is 62.4 Å². The lowest BCUT2D eigenvalue weighted by atomic mass is 10.1. The van der Waals surface area contributed by atoms with Crippen molar-refractivity contribution in [2.45, 2.75) is 18.4 Å². The zero-order valence-corrected chi connectivity index (χ0v) is 16.6. The molecule has 2 heterocycles. The van der Waals surface area contributed by atoms with Crippen molar-refractivity contribution in [1.29, 1.82) is 0 Å². The SMILES string of the molecule is Cc1ccccc1CN1CCN(S(=O)(=O)c2cn(C)c(=O)n(C)c2=O)CC1. The van der Waals surface area contributed by atoms with Gasteiger partial charge in [-0.05, 0) is 18.1 Å². The molecule has 0 unspecified atom stereocenters. The molecular weight excluding hydrogens is 368 g/mol. The number of hydrogen-bond donors (Lipinski definition) is 0. The Morgan fingerprint density at radius 1 is 1.00 bits per heavy atom. The Labute approximate surface area is 158 Å². The second-order valence-corrected chi connectivity index (χ2v) is 8.76. The van der Waals surface area contributed by atoms with Crippen molar-refractivity contribution in [3.63, 3.8) is 0 Å². The Morgan fingerprint density at radius 3 is 2.26 bits per heavy atom. The van der Waals surface area contributed by atoms with Gasteiger partial charge in [-0.1, -0.05) is 24.3 Å². The van der Waals surface area contributed by atoms with Crippen molar-refractivity contribution in [2.75, 3.05) is 26.2 Å². The molecule has 0 bridgehead atoms. The fourth-order valence-electron chi connectivity index (χ4n) is 3.25. The van der Waals surface area contributed by atoms with Gasteiger partial charge in [-0.3, -0.25) is 14.3 Å². The van der Waals surface area contributed by atoms with E-state index in [-0.39, 0.29) is 4.90 Å². The summed E-state index contributed by atoms with van der Waals surface area (Å²) in [6.07, 6.45) is 1.11. The topological polar surface area (TPSA) is 84.6 Å². The minimum atomic E-state index is -3.95. The van der Waals surface area contributed by atoms with Crippen LogP contribution in [0.15, 0.2) is 44.9 Å². The third-order valence-corrected chi connectivity index (χ3v) is 6.90. The van der Waals surface area contributed by atoms with Crippen molar-refractivity contribution in [3.8, 4) is 0 Å². The molecule has 0 aliphatic carbocycles. The number of rotatable bonds is 4. The monoisotopic (exact) mass is 392 g/mol. The standard InChI is InChI=1S/C18H24N4O4S/c1-14-6-4-5-7-15(14)12-21-8-10-22(11-9-21)27(25,26)16-13-19(2)18(24)20(3)17(16)23/h4-7,13H,8-12H2,1-3H3. The number of hydrogen-bond acceptors (Lipinski definition) is 5. The zero-order valence-electron chi connectivity index (χ0n) is 15.8. The van der Waals surface area contributed by atoms with E-state index in [1.165, 1.54) is 29.5 Å². The number of sulfonamides is 1. The number of aryl methyl sites for hydroxylation is 2. The van der Waals surface area contributed by atoms with E-state index in [9.17, 15) is 18.0 Å². The Hall–Kier alpha value is -2.23. The highest BCUT2D eigenvalue weighted by Gasteiger charge is 2.31. The van der Waals surface area contributed by atoms with E-state index in [2.05, 4.69) is 24.0 Å². The van der Waals surface area contributed by atoms with Crippen LogP contribution in [0.5, 0.6) is 0 Å². The molecule has 0 amide bonds. The smallest absolute Gasteiger partial charge is 0.302 e. The number of piperazine rings is 1. The molecule has 0 saturated carbocycles. The highest BCUT2D eigenvalue weighted by molar-refractivity contribution is 7.89. The van der Waals surface area contributed by atoms with Gasteiger partial charge in [0.05, 0.1) is 0 Å². The quantitative estimate of drug-likeness (QED) is 0.725. The van der Waals surface area contributed by atoms with Gasteiger partial charge in [0.1, 0.15) is 0 Å². The molecule has 1 aliphatic heterocycles. The zero-order chi connectivity index (χ0) is 19.8. The molecular formula is C18H24N4O4S. The van der Waals surface area contributed by atoms with Gasteiger partial charge in [0.25, 0.3) is 5.56 Å². The van der Waals surface area contributed by atoms with Crippen LogP contribution in [0.4, 0.5) is 0 Å². The van der Waals surface area contributed by atoms with Gasteiger partial charge in [0.15, 0.2) is 4.90 Å². The highest BCUT2D eigenvalue weighted by atomic mass is 32.2. The van der Waals surface area contributed by atoms with Crippen LogP contribution in [0.3, 0.4) is 0 Å². The summed E-state index contributed by atoms with van der Waals surface area (Å²) in [4.78, 5) is 25.9. The summed E-state index contributed by atoms with van der Waals surface area (Å²) in [5.41, 5.74) is 1.09. The van der Waals surface area contributed by atoms with Crippen LogP contribution in [0.1, 0.15) is 11.1 Å². The average Bonchev–Trinajstić information content (AvgIpc) is 2.65. The Morgan fingerprint density at radius 2 is 1.63 bits per heavy atom. The minimum absolute atomic E-state index is 0.306. The lowest BCUT2D eigenvalue weighted by molar-refractivity contribution is 0.181. The third-order valence-electron chi connectivity index (χ3n) is 5.02. The molecule has 0 atom stereocenters. The van der Waals surface area contributed by atoms with E-state index in [1.807, 2.05) is 12.1 Å². The molecule has 8 nitrogen and oxygen atoms in total. The fraction of sp³-hybridized carbons (Fsp3) is 0.444. The van der Waals surface area contributed by atoms with E-state index in [0.29, 0.717) is 26.2 Å². The van der Waals surface area contributed by atoms with Gasteiger partial charge in [-0.25, -0.2) is 13.2 Å². The van der Waals surface area contributed by atoms with Crippen molar-refractivity contribution >= 4 is 10.0 Å². The number of aromatic nitrogens is 2. The van der Waals surface area contributed by atoms with Crippen LogP contribution in [-0.4, -0.2) is 52.9 Å². The molecule has 1 saturated heterocycles. The van der Waals surface area contributed by atoms with E-state index < -0.39 is 21.3 Å². The summed E-state index contributed by atoms with van der Waals surface area (Å²) in [5, 5.41) is 0. The van der Waals surface area contributed by atoms with E-state index >= 15 is 0 Å². The molecule has 1 aromatic heterocycles. The van der Waals surface area contributed by atoms with E-state index in [4.69, 9.17) is 0 Å².